The lowest BCUT2D eigenvalue weighted by Crippen LogP contribution is -2.63. The summed E-state index contributed by atoms with van der Waals surface area (Å²) in [6.07, 6.45) is 1.49. The number of hydrogen-bond donors (Lipinski definition) is 1. The summed E-state index contributed by atoms with van der Waals surface area (Å²) >= 11 is 0. The Bertz CT molecular complexity index is 462. The van der Waals surface area contributed by atoms with Crippen LogP contribution in [0.25, 0.3) is 0 Å². The molecule has 0 saturated carbocycles. The molecule has 0 aliphatic carbocycles. The second kappa shape index (κ2) is 3.91. The van der Waals surface area contributed by atoms with Gasteiger partial charge in [0.1, 0.15) is 11.3 Å². The zero-order valence-electron chi connectivity index (χ0n) is 10.2. The van der Waals surface area contributed by atoms with Crippen molar-refractivity contribution in [3.05, 3.63) is 23.7 Å². The average Bonchev–Trinajstić information content (AvgIpc) is 2.68. The van der Waals surface area contributed by atoms with Crippen LogP contribution in [0.5, 0.6) is 0 Å². The van der Waals surface area contributed by atoms with Gasteiger partial charge in [-0.1, -0.05) is 0 Å². The van der Waals surface area contributed by atoms with E-state index in [-0.39, 0.29) is 11.8 Å². The van der Waals surface area contributed by atoms with Gasteiger partial charge in [0.2, 0.25) is 5.91 Å². The van der Waals surface area contributed by atoms with Crippen molar-refractivity contribution in [1.82, 2.24) is 10.2 Å². The molecule has 1 saturated heterocycles. The van der Waals surface area contributed by atoms with E-state index in [4.69, 9.17) is 4.42 Å². The number of rotatable bonds is 1. The van der Waals surface area contributed by atoms with Gasteiger partial charge in [-0.05, 0) is 26.8 Å². The molecule has 1 aliphatic rings. The van der Waals surface area contributed by atoms with Crippen LogP contribution in [0.4, 0.5) is 0 Å². The first kappa shape index (κ1) is 11.7. The summed E-state index contributed by atoms with van der Waals surface area (Å²) < 4.78 is 5.12. The maximum absolute atomic E-state index is 12.3. The Morgan fingerprint density at radius 3 is 2.82 bits per heavy atom. The SMILES string of the molecule is Cc1occc1C(=O)N1CCNC(=O)C1(C)C. The van der Waals surface area contributed by atoms with Gasteiger partial charge in [0.25, 0.3) is 5.91 Å². The van der Waals surface area contributed by atoms with Gasteiger partial charge in [-0.3, -0.25) is 9.59 Å². The van der Waals surface area contributed by atoms with E-state index in [1.165, 1.54) is 6.26 Å². The molecule has 1 fully saturated rings. The fourth-order valence-electron chi connectivity index (χ4n) is 2.01. The maximum Gasteiger partial charge on any atom is 0.258 e. The number of amides is 2. The van der Waals surface area contributed by atoms with E-state index in [9.17, 15) is 9.59 Å². The molecule has 1 aromatic heterocycles. The third kappa shape index (κ3) is 1.81. The predicted molar refractivity (Wildman–Crippen MR) is 61.6 cm³/mol. The molecule has 0 spiro atoms. The summed E-state index contributed by atoms with van der Waals surface area (Å²) in [7, 11) is 0. The van der Waals surface area contributed by atoms with Crippen molar-refractivity contribution in [2.75, 3.05) is 13.1 Å². The first-order valence-electron chi connectivity index (χ1n) is 5.59. The molecular formula is C12H16N2O3. The highest BCUT2D eigenvalue weighted by Gasteiger charge is 2.41. The number of carbonyl (C=O) groups excluding carboxylic acids is 2. The zero-order valence-corrected chi connectivity index (χ0v) is 10.2. The van der Waals surface area contributed by atoms with Gasteiger partial charge in [-0.15, -0.1) is 0 Å². The molecule has 0 radical (unpaired) electrons. The lowest BCUT2D eigenvalue weighted by atomic mass is 9.97. The van der Waals surface area contributed by atoms with Gasteiger partial charge in [-0.25, -0.2) is 0 Å². The quantitative estimate of drug-likeness (QED) is 0.789. The normalized spacial score (nSPS) is 19.0. The van der Waals surface area contributed by atoms with Crippen molar-refractivity contribution in [2.45, 2.75) is 26.3 Å². The molecule has 1 aromatic rings. The van der Waals surface area contributed by atoms with Crippen molar-refractivity contribution in [3.63, 3.8) is 0 Å². The lowest BCUT2D eigenvalue weighted by Gasteiger charge is -2.41. The van der Waals surface area contributed by atoms with Crippen molar-refractivity contribution < 1.29 is 14.0 Å². The van der Waals surface area contributed by atoms with Gasteiger partial charge in [0.15, 0.2) is 0 Å². The van der Waals surface area contributed by atoms with Crippen molar-refractivity contribution in [2.24, 2.45) is 0 Å². The van der Waals surface area contributed by atoms with Crippen molar-refractivity contribution >= 4 is 11.8 Å². The van der Waals surface area contributed by atoms with E-state index in [0.29, 0.717) is 24.4 Å². The summed E-state index contributed by atoms with van der Waals surface area (Å²) in [6.45, 7) is 6.24. The molecule has 1 N–H and O–H groups in total. The van der Waals surface area contributed by atoms with Crippen LogP contribution < -0.4 is 5.32 Å². The van der Waals surface area contributed by atoms with E-state index < -0.39 is 5.54 Å². The molecular weight excluding hydrogens is 220 g/mol. The summed E-state index contributed by atoms with van der Waals surface area (Å²) in [6, 6.07) is 1.64. The molecule has 1 aliphatic heterocycles. The fraction of sp³-hybridized carbons (Fsp3) is 0.500. The van der Waals surface area contributed by atoms with Gasteiger partial charge in [-0.2, -0.15) is 0 Å². The summed E-state index contributed by atoms with van der Waals surface area (Å²) in [5, 5.41) is 2.76. The Labute approximate surface area is 99.8 Å². The monoisotopic (exact) mass is 236 g/mol. The molecule has 2 amide bonds. The average molecular weight is 236 g/mol. The first-order chi connectivity index (χ1) is 7.94. The Morgan fingerprint density at radius 2 is 2.24 bits per heavy atom. The molecule has 0 bridgehead atoms. The van der Waals surface area contributed by atoms with Gasteiger partial charge in [0.05, 0.1) is 11.8 Å². The van der Waals surface area contributed by atoms with E-state index in [1.54, 1.807) is 31.7 Å². The number of nitrogens with one attached hydrogen (secondary N) is 1. The summed E-state index contributed by atoms with van der Waals surface area (Å²) in [5.74, 6) is 0.297. The van der Waals surface area contributed by atoms with E-state index in [1.807, 2.05) is 0 Å². The van der Waals surface area contributed by atoms with E-state index in [0.717, 1.165) is 0 Å². The van der Waals surface area contributed by atoms with Gasteiger partial charge >= 0.3 is 0 Å². The van der Waals surface area contributed by atoms with Crippen LogP contribution in [0.15, 0.2) is 16.7 Å². The standard InChI is InChI=1S/C12H16N2O3/c1-8-9(4-7-17-8)10(15)14-6-5-13-11(16)12(14,2)3/h4,7H,5-6H2,1-3H3,(H,13,16). The Hall–Kier alpha value is -1.78. The minimum Gasteiger partial charge on any atom is -0.469 e. The van der Waals surface area contributed by atoms with Crippen LogP contribution in [-0.4, -0.2) is 35.3 Å². The van der Waals surface area contributed by atoms with Crippen LogP contribution in [0.2, 0.25) is 0 Å². The minimum atomic E-state index is -0.820. The minimum absolute atomic E-state index is 0.127. The second-order valence-electron chi connectivity index (χ2n) is 4.66. The molecule has 2 heterocycles. The molecule has 17 heavy (non-hydrogen) atoms. The molecule has 0 atom stereocenters. The van der Waals surface area contributed by atoms with Crippen LogP contribution in [0, 0.1) is 6.92 Å². The van der Waals surface area contributed by atoms with Crippen LogP contribution in [-0.2, 0) is 4.79 Å². The largest absolute Gasteiger partial charge is 0.469 e. The van der Waals surface area contributed by atoms with E-state index in [2.05, 4.69) is 5.32 Å². The summed E-state index contributed by atoms with van der Waals surface area (Å²) in [4.78, 5) is 25.7. The van der Waals surface area contributed by atoms with Crippen LogP contribution in [0.3, 0.4) is 0 Å². The molecule has 5 nitrogen and oxygen atoms in total. The zero-order chi connectivity index (χ0) is 12.6. The highest BCUT2D eigenvalue weighted by atomic mass is 16.3. The fourth-order valence-corrected chi connectivity index (χ4v) is 2.01. The first-order valence-corrected chi connectivity index (χ1v) is 5.59. The summed E-state index contributed by atoms with van der Waals surface area (Å²) in [5.41, 5.74) is -0.299. The predicted octanol–water partition coefficient (Wildman–Crippen LogP) is 0.939. The number of furan rings is 1. The molecule has 0 unspecified atom stereocenters. The van der Waals surface area contributed by atoms with Crippen molar-refractivity contribution in [3.8, 4) is 0 Å². The number of aryl methyl sites for hydroxylation is 1. The number of piperazine rings is 1. The third-order valence-electron chi connectivity index (χ3n) is 3.19. The molecule has 2 rings (SSSR count). The topological polar surface area (TPSA) is 62.6 Å². The molecule has 5 heteroatoms. The second-order valence-corrected chi connectivity index (χ2v) is 4.66. The highest BCUT2D eigenvalue weighted by molar-refractivity contribution is 6.00. The lowest BCUT2D eigenvalue weighted by molar-refractivity contribution is -0.133. The van der Waals surface area contributed by atoms with Gasteiger partial charge < -0.3 is 14.6 Å². The van der Waals surface area contributed by atoms with Gasteiger partial charge in [0, 0.05) is 13.1 Å². The Kier molecular flexibility index (Phi) is 2.69. The number of hydrogen-bond acceptors (Lipinski definition) is 3. The van der Waals surface area contributed by atoms with Crippen LogP contribution in [0.1, 0.15) is 30.0 Å². The number of carbonyl (C=O) groups is 2. The smallest absolute Gasteiger partial charge is 0.258 e. The maximum atomic E-state index is 12.3. The van der Waals surface area contributed by atoms with Crippen LogP contribution >= 0.6 is 0 Å². The Morgan fingerprint density at radius 1 is 1.53 bits per heavy atom. The Balaban J connectivity index is 2.31. The van der Waals surface area contributed by atoms with Crippen molar-refractivity contribution in [1.29, 1.82) is 0 Å². The van der Waals surface area contributed by atoms with E-state index >= 15 is 0 Å². The molecule has 92 valence electrons. The third-order valence-corrected chi connectivity index (χ3v) is 3.19. The highest BCUT2D eigenvalue weighted by Crippen LogP contribution is 2.22. The number of nitrogens with zero attached hydrogens (tertiary/aromatic N) is 1. The molecule has 0 aromatic carbocycles.